The quantitative estimate of drug-likeness (QED) is 0.180. The third-order valence-electron chi connectivity index (χ3n) is 8.21. The summed E-state index contributed by atoms with van der Waals surface area (Å²) in [5.74, 6) is 9.50. The molecule has 0 bridgehead atoms. The van der Waals surface area contributed by atoms with Gasteiger partial charge in [0.15, 0.2) is 11.5 Å². The number of para-hydroxylation sites is 1. The summed E-state index contributed by atoms with van der Waals surface area (Å²) in [5.41, 5.74) is 3.68. The Hall–Kier alpha value is -3.35. The van der Waals surface area contributed by atoms with Crippen molar-refractivity contribution in [1.29, 1.82) is 5.41 Å². The molecular weight excluding hydrogens is 460 g/mol. The number of hydrazine groups is 1. The monoisotopic (exact) mass is 498 g/mol. The number of piperidine rings is 1. The van der Waals surface area contributed by atoms with Gasteiger partial charge in [-0.1, -0.05) is 72.8 Å². The van der Waals surface area contributed by atoms with Gasteiger partial charge in [0.1, 0.15) is 5.84 Å². The molecule has 1 heterocycles. The molecule has 3 aromatic rings. The number of rotatable bonds is 8. The van der Waals surface area contributed by atoms with Crippen molar-refractivity contribution in [3.63, 3.8) is 0 Å². The van der Waals surface area contributed by atoms with Gasteiger partial charge >= 0.3 is 0 Å². The molecule has 0 aromatic heterocycles. The van der Waals surface area contributed by atoms with Gasteiger partial charge in [0.05, 0.1) is 20.3 Å². The van der Waals surface area contributed by atoms with Gasteiger partial charge in [-0.05, 0) is 67.8 Å². The summed E-state index contributed by atoms with van der Waals surface area (Å²) >= 11 is 0. The van der Waals surface area contributed by atoms with Crippen LogP contribution in [0.15, 0.2) is 78.9 Å². The second-order valence-corrected chi connectivity index (χ2v) is 10.2. The zero-order valence-electron chi connectivity index (χ0n) is 21.8. The third-order valence-corrected chi connectivity index (χ3v) is 8.21. The number of nitrogens with zero attached hydrogens (tertiary/aromatic N) is 2. The molecule has 37 heavy (non-hydrogen) atoms. The first-order valence-corrected chi connectivity index (χ1v) is 13.3. The Labute approximate surface area is 220 Å². The minimum absolute atomic E-state index is 0.152. The standard InChI is InChI=1S/C31H38N4O2/c1-36-28-15-9-14-27(30(28)37-2)29(34-18-16-24(17-19-34)22-10-5-3-6-11-22)31(32)35(33)26-20-25(21-26)23-12-7-4-8-13-23/h3-15,24-26,29,32H,16-21,33H2,1-2H3. The van der Waals surface area contributed by atoms with Crippen LogP contribution in [0.2, 0.25) is 0 Å². The van der Waals surface area contributed by atoms with Crippen LogP contribution >= 0.6 is 0 Å². The van der Waals surface area contributed by atoms with Crippen LogP contribution in [0.4, 0.5) is 0 Å². The average Bonchev–Trinajstić information content (AvgIpc) is 2.93. The Kier molecular flexibility index (Phi) is 7.77. The normalized spacial score (nSPS) is 21.1. The van der Waals surface area contributed by atoms with Gasteiger partial charge in [0, 0.05) is 11.6 Å². The summed E-state index contributed by atoms with van der Waals surface area (Å²) < 4.78 is 11.4. The molecule has 1 aliphatic heterocycles. The van der Waals surface area contributed by atoms with Crippen molar-refractivity contribution in [2.24, 2.45) is 5.84 Å². The molecule has 1 atom stereocenters. The molecule has 3 N–H and O–H groups in total. The van der Waals surface area contributed by atoms with E-state index in [1.165, 1.54) is 11.1 Å². The van der Waals surface area contributed by atoms with Crippen LogP contribution in [-0.4, -0.2) is 49.1 Å². The van der Waals surface area contributed by atoms with E-state index in [1.807, 2.05) is 18.2 Å². The van der Waals surface area contributed by atoms with Crippen LogP contribution in [0, 0.1) is 5.41 Å². The van der Waals surface area contributed by atoms with Crippen molar-refractivity contribution in [3.05, 3.63) is 95.6 Å². The largest absolute Gasteiger partial charge is 0.493 e. The Morgan fingerprint density at radius 2 is 1.43 bits per heavy atom. The molecule has 194 valence electrons. The van der Waals surface area contributed by atoms with Crippen LogP contribution < -0.4 is 15.3 Å². The van der Waals surface area contributed by atoms with Gasteiger partial charge in [-0.15, -0.1) is 0 Å². The van der Waals surface area contributed by atoms with Gasteiger partial charge in [0.25, 0.3) is 0 Å². The summed E-state index contributed by atoms with van der Waals surface area (Å²) in [4.78, 5) is 2.40. The summed E-state index contributed by atoms with van der Waals surface area (Å²) in [6.45, 7) is 1.77. The fourth-order valence-corrected chi connectivity index (χ4v) is 6.01. The molecule has 1 saturated carbocycles. The lowest BCUT2D eigenvalue weighted by Crippen LogP contribution is -2.55. The molecule has 2 aliphatic rings. The first-order chi connectivity index (χ1) is 18.1. The first kappa shape index (κ1) is 25.3. The van der Waals surface area contributed by atoms with E-state index in [-0.39, 0.29) is 12.1 Å². The molecule has 6 nitrogen and oxygen atoms in total. The van der Waals surface area contributed by atoms with E-state index in [4.69, 9.17) is 15.3 Å². The Morgan fingerprint density at radius 3 is 2.00 bits per heavy atom. The topological polar surface area (TPSA) is 74.8 Å². The molecule has 6 heteroatoms. The maximum atomic E-state index is 9.34. The van der Waals surface area contributed by atoms with Gasteiger partial charge in [-0.2, -0.15) is 0 Å². The predicted molar refractivity (Wildman–Crippen MR) is 148 cm³/mol. The highest BCUT2D eigenvalue weighted by Gasteiger charge is 2.39. The van der Waals surface area contributed by atoms with Crippen molar-refractivity contribution in [3.8, 4) is 11.5 Å². The van der Waals surface area contributed by atoms with E-state index in [0.29, 0.717) is 29.2 Å². The van der Waals surface area contributed by atoms with Crippen molar-refractivity contribution < 1.29 is 9.47 Å². The van der Waals surface area contributed by atoms with E-state index in [1.54, 1.807) is 19.2 Å². The average molecular weight is 499 g/mol. The molecule has 0 amide bonds. The summed E-state index contributed by atoms with van der Waals surface area (Å²) in [5, 5.41) is 11.1. The first-order valence-electron chi connectivity index (χ1n) is 13.3. The van der Waals surface area contributed by atoms with Gasteiger partial charge in [-0.25, -0.2) is 5.84 Å². The van der Waals surface area contributed by atoms with E-state index in [9.17, 15) is 5.41 Å². The number of ether oxygens (including phenoxy) is 2. The molecule has 2 fully saturated rings. The Morgan fingerprint density at radius 1 is 0.838 bits per heavy atom. The highest BCUT2D eigenvalue weighted by Crippen LogP contribution is 2.43. The van der Waals surface area contributed by atoms with Crippen LogP contribution in [0.25, 0.3) is 0 Å². The molecule has 5 rings (SSSR count). The molecular formula is C31H38N4O2. The van der Waals surface area contributed by atoms with E-state index in [0.717, 1.165) is 44.3 Å². The van der Waals surface area contributed by atoms with Crippen molar-refractivity contribution in [1.82, 2.24) is 9.91 Å². The molecule has 1 saturated heterocycles. The maximum Gasteiger partial charge on any atom is 0.165 e. The highest BCUT2D eigenvalue weighted by atomic mass is 16.5. The second-order valence-electron chi connectivity index (χ2n) is 10.2. The second kappa shape index (κ2) is 11.4. The summed E-state index contributed by atoms with van der Waals surface area (Å²) in [6.07, 6.45) is 4.01. The lowest BCUT2D eigenvalue weighted by molar-refractivity contribution is 0.142. The number of hydrogen-bond acceptors (Lipinski definition) is 5. The zero-order valence-corrected chi connectivity index (χ0v) is 21.8. The number of benzene rings is 3. The molecule has 0 spiro atoms. The van der Waals surface area contributed by atoms with Crippen molar-refractivity contribution in [2.75, 3.05) is 27.3 Å². The fraction of sp³-hybridized carbons (Fsp3) is 0.387. The summed E-state index contributed by atoms with van der Waals surface area (Å²) in [6, 6.07) is 27.2. The van der Waals surface area contributed by atoms with E-state index in [2.05, 4.69) is 65.6 Å². The highest BCUT2D eigenvalue weighted by molar-refractivity contribution is 5.87. The maximum absolute atomic E-state index is 9.34. The molecule has 1 unspecified atom stereocenters. The number of methoxy groups -OCH3 is 2. The minimum atomic E-state index is -0.303. The predicted octanol–water partition coefficient (Wildman–Crippen LogP) is 5.72. The van der Waals surface area contributed by atoms with Gasteiger partial charge in [0.2, 0.25) is 0 Å². The third kappa shape index (κ3) is 5.22. The zero-order chi connectivity index (χ0) is 25.8. The SMILES string of the molecule is COc1cccc(C(C(=N)N(N)C2CC(c3ccccc3)C2)N2CCC(c3ccccc3)CC2)c1OC. The number of nitrogens with two attached hydrogens (primary N) is 1. The fourth-order valence-electron chi connectivity index (χ4n) is 6.01. The van der Waals surface area contributed by atoms with Crippen LogP contribution in [-0.2, 0) is 0 Å². The van der Waals surface area contributed by atoms with Crippen LogP contribution in [0.5, 0.6) is 11.5 Å². The lowest BCUT2D eigenvalue weighted by atomic mass is 9.75. The number of nitrogens with one attached hydrogen (secondary N) is 1. The van der Waals surface area contributed by atoms with Crippen molar-refractivity contribution >= 4 is 5.84 Å². The number of amidine groups is 1. The molecule has 3 aromatic carbocycles. The van der Waals surface area contributed by atoms with Gasteiger partial charge < -0.3 is 9.47 Å². The van der Waals surface area contributed by atoms with E-state index < -0.39 is 0 Å². The van der Waals surface area contributed by atoms with Crippen molar-refractivity contribution in [2.45, 2.75) is 49.6 Å². The lowest BCUT2D eigenvalue weighted by Gasteiger charge is -2.46. The van der Waals surface area contributed by atoms with E-state index >= 15 is 0 Å². The minimum Gasteiger partial charge on any atom is -0.493 e. The van der Waals surface area contributed by atoms with Crippen LogP contribution in [0.3, 0.4) is 0 Å². The summed E-state index contributed by atoms with van der Waals surface area (Å²) in [7, 11) is 3.32. The molecule has 1 aliphatic carbocycles. The Bertz CT molecular complexity index is 1170. The number of likely N-dealkylation sites (tertiary alicyclic amines) is 1. The smallest absolute Gasteiger partial charge is 0.165 e. The Balaban J connectivity index is 1.37. The van der Waals surface area contributed by atoms with Crippen LogP contribution in [0.1, 0.15) is 60.3 Å². The van der Waals surface area contributed by atoms with Gasteiger partial charge in [-0.3, -0.25) is 15.3 Å². The number of hydrogen-bond donors (Lipinski definition) is 2. The molecule has 0 radical (unpaired) electrons.